The van der Waals surface area contributed by atoms with Gasteiger partial charge < -0.3 is 10.0 Å². The zero-order chi connectivity index (χ0) is 27.0. The summed E-state index contributed by atoms with van der Waals surface area (Å²) in [5.74, 6) is 0.623. The average Bonchev–Trinajstić information content (AvgIpc) is 2.89. The van der Waals surface area contributed by atoms with E-state index < -0.39 is 5.60 Å². The fraction of sp³-hybridized carbons (Fsp3) is 0.286. The minimum absolute atomic E-state index is 0.000324. The maximum Gasteiger partial charge on any atom is 0.255 e. The molecule has 2 aromatic carbocycles. The van der Waals surface area contributed by atoms with Gasteiger partial charge in [-0.1, -0.05) is 72.9 Å². The maximum atomic E-state index is 11.7. The van der Waals surface area contributed by atoms with Crippen molar-refractivity contribution in [3.05, 3.63) is 116 Å². The highest BCUT2D eigenvalue weighted by atomic mass is 35.5. The molecule has 0 fully saturated rings. The Balaban J connectivity index is 0.000000222. The number of hydrogen-bond acceptors (Lipinski definition) is 6. The van der Waals surface area contributed by atoms with Crippen LogP contribution in [0.1, 0.15) is 47.7 Å². The normalized spacial score (nSPS) is 12.3. The van der Waals surface area contributed by atoms with E-state index in [4.69, 9.17) is 23.2 Å². The fourth-order valence-corrected chi connectivity index (χ4v) is 4.43. The number of aliphatic hydroxyl groups is 1. The largest absolute Gasteiger partial charge is 0.376 e. The number of aromatic nitrogens is 4. The van der Waals surface area contributed by atoms with Gasteiger partial charge in [-0.15, -0.1) is 0 Å². The Morgan fingerprint density at radius 3 is 2.27 bits per heavy atom. The highest BCUT2D eigenvalue weighted by molar-refractivity contribution is 6.35. The van der Waals surface area contributed by atoms with E-state index in [1.807, 2.05) is 51.4 Å². The molecule has 0 aliphatic rings. The van der Waals surface area contributed by atoms with E-state index in [0.717, 1.165) is 30.5 Å². The molecule has 37 heavy (non-hydrogen) atoms. The van der Waals surface area contributed by atoms with Crippen LogP contribution in [0.4, 0.5) is 5.95 Å². The summed E-state index contributed by atoms with van der Waals surface area (Å²) in [6, 6.07) is 14.3. The third-order valence-electron chi connectivity index (χ3n) is 5.90. The van der Waals surface area contributed by atoms with Gasteiger partial charge in [-0.2, -0.15) is 0 Å². The lowest BCUT2D eigenvalue weighted by atomic mass is 9.81. The molecule has 1 atom stereocenters. The monoisotopic (exact) mass is 539 g/mol. The number of nitrogens with zero attached hydrogens (tertiary/aromatic N) is 4. The lowest BCUT2D eigenvalue weighted by molar-refractivity contribution is 0.125. The second-order valence-corrected chi connectivity index (χ2v) is 9.62. The summed E-state index contributed by atoms with van der Waals surface area (Å²) in [7, 11) is 3.73. The van der Waals surface area contributed by atoms with Crippen molar-refractivity contribution >= 4 is 29.2 Å². The van der Waals surface area contributed by atoms with Gasteiger partial charge in [0.2, 0.25) is 5.95 Å². The number of aromatic amines is 1. The Kier molecular flexibility index (Phi) is 9.80. The van der Waals surface area contributed by atoms with Crippen molar-refractivity contribution in [1.29, 1.82) is 0 Å². The van der Waals surface area contributed by atoms with Crippen molar-refractivity contribution in [2.75, 3.05) is 19.0 Å². The number of nitrogens with one attached hydrogen (secondary N) is 1. The lowest BCUT2D eigenvalue weighted by Gasteiger charge is -2.30. The molecule has 7 nitrogen and oxygen atoms in total. The quantitative estimate of drug-likeness (QED) is 0.319. The molecule has 0 aliphatic heterocycles. The molecule has 0 saturated heterocycles. The summed E-state index contributed by atoms with van der Waals surface area (Å²) in [6.07, 6.45) is 7.51. The number of unbranched alkanes of at least 4 members (excludes halogenated alkanes) is 1. The number of hydrogen-bond donors (Lipinski definition) is 2. The Hall–Kier alpha value is -3.26. The Labute approximate surface area is 227 Å². The van der Waals surface area contributed by atoms with Gasteiger partial charge in [-0.3, -0.25) is 9.78 Å². The lowest BCUT2D eigenvalue weighted by Crippen LogP contribution is -2.29. The van der Waals surface area contributed by atoms with E-state index in [9.17, 15) is 9.90 Å². The van der Waals surface area contributed by atoms with Gasteiger partial charge >= 0.3 is 0 Å². The highest BCUT2D eigenvalue weighted by Crippen LogP contribution is 2.40. The van der Waals surface area contributed by atoms with Gasteiger partial charge in [0.05, 0.1) is 0 Å². The molecule has 4 aromatic rings. The molecule has 2 aromatic heterocycles. The number of aryl methyl sites for hydroxylation is 1. The third-order valence-corrected chi connectivity index (χ3v) is 6.45. The van der Waals surface area contributed by atoms with Crippen molar-refractivity contribution in [1.82, 2.24) is 19.9 Å². The Morgan fingerprint density at radius 1 is 1.03 bits per heavy atom. The number of halogens is 2. The molecule has 0 saturated carbocycles. The van der Waals surface area contributed by atoms with Crippen molar-refractivity contribution < 1.29 is 5.11 Å². The Bertz CT molecular complexity index is 1320. The van der Waals surface area contributed by atoms with Crippen molar-refractivity contribution in [3.8, 4) is 0 Å². The molecule has 0 amide bonds. The van der Waals surface area contributed by atoms with Gasteiger partial charge in [0.25, 0.3) is 5.56 Å². The standard InChI is InChI=1S/C17H12Cl2N2O.C11H19N3O/c18-14-6-7-15(16(19)8-14)17(22,12-4-2-1-3-5-12)13-9-20-11-21-10-13;1-5-6-7-9-8(2)12-11(14(3)4)13-10(9)15/h1-11,22H;5-7H2,1-4H3,(H,12,13,15). The number of benzene rings is 2. The molecule has 194 valence electrons. The van der Waals surface area contributed by atoms with Gasteiger partial charge in [0.15, 0.2) is 0 Å². The molecule has 9 heteroatoms. The summed E-state index contributed by atoms with van der Waals surface area (Å²) >= 11 is 12.3. The fourth-order valence-electron chi connectivity index (χ4n) is 3.88. The molecular formula is C28H31Cl2N5O2. The van der Waals surface area contributed by atoms with Crippen molar-refractivity contribution in [3.63, 3.8) is 0 Å². The minimum Gasteiger partial charge on any atom is -0.376 e. The van der Waals surface area contributed by atoms with Crippen LogP contribution in [0.3, 0.4) is 0 Å². The summed E-state index contributed by atoms with van der Waals surface area (Å²) in [6.45, 7) is 4.01. The van der Waals surface area contributed by atoms with Crippen LogP contribution < -0.4 is 10.5 Å². The maximum absolute atomic E-state index is 11.7. The van der Waals surface area contributed by atoms with Crippen LogP contribution >= 0.6 is 23.2 Å². The van der Waals surface area contributed by atoms with Gasteiger partial charge in [-0.25, -0.2) is 15.0 Å². The number of H-pyrrole nitrogens is 1. The molecule has 0 bridgehead atoms. The topological polar surface area (TPSA) is 95.0 Å². The van der Waals surface area contributed by atoms with Crippen LogP contribution in [0.2, 0.25) is 10.0 Å². The van der Waals surface area contributed by atoms with Crippen LogP contribution in [-0.4, -0.2) is 39.1 Å². The molecular weight excluding hydrogens is 509 g/mol. The summed E-state index contributed by atoms with van der Waals surface area (Å²) in [5, 5.41) is 12.4. The molecule has 2 N–H and O–H groups in total. The summed E-state index contributed by atoms with van der Waals surface area (Å²) in [5.41, 5.74) is 1.95. The van der Waals surface area contributed by atoms with E-state index >= 15 is 0 Å². The highest BCUT2D eigenvalue weighted by Gasteiger charge is 2.36. The molecule has 0 radical (unpaired) electrons. The first-order chi connectivity index (χ1) is 17.7. The summed E-state index contributed by atoms with van der Waals surface area (Å²) in [4.78, 5) is 28.7. The first-order valence-electron chi connectivity index (χ1n) is 11.9. The molecule has 2 heterocycles. The van der Waals surface area contributed by atoms with Crippen molar-refractivity contribution in [2.24, 2.45) is 0 Å². The first kappa shape index (κ1) is 28.3. The van der Waals surface area contributed by atoms with Gasteiger partial charge in [-0.05, 0) is 37.5 Å². The van der Waals surface area contributed by atoms with Gasteiger partial charge in [0, 0.05) is 58.9 Å². The molecule has 1 unspecified atom stereocenters. The molecule has 0 aliphatic carbocycles. The van der Waals surface area contributed by atoms with Crippen LogP contribution in [0.15, 0.2) is 72.0 Å². The van der Waals surface area contributed by atoms with Crippen LogP contribution in [0, 0.1) is 6.92 Å². The number of rotatable bonds is 7. The third kappa shape index (κ3) is 6.74. The predicted molar refractivity (Wildman–Crippen MR) is 150 cm³/mol. The smallest absolute Gasteiger partial charge is 0.255 e. The van der Waals surface area contributed by atoms with Crippen molar-refractivity contribution in [2.45, 2.75) is 38.7 Å². The minimum atomic E-state index is -1.45. The molecule has 4 rings (SSSR count). The van der Waals surface area contributed by atoms with E-state index in [0.29, 0.717) is 32.7 Å². The number of anilines is 1. The van der Waals surface area contributed by atoms with E-state index in [1.165, 1.54) is 6.33 Å². The zero-order valence-corrected chi connectivity index (χ0v) is 22.9. The zero-order valence-electron chi connectivity index (χ0n) is 21.4. The van der Waals surface area contributed by atoms with E-state index in [2.05, 4.69) is 26.9 Å². The SMILES string of the molecule is CCCCc1c(C)nc(N(C)C)[nH]c1=O.OC(c1ccccc1)(c1cncnc1)c1ccc(Cl)cc1Cl. The van der Waals surface area contributed by atoms with E-state index in [-0.39, 0.29) is 5.56 Å². The average molecular weight is 540 g/mol. The second-order valence-electron chi connectivity index (χ2n) is 8.78. The summed E-state index contributed by atoms with van der Waals surface area (Å²) < 4.78 is 0. The van der Waals surface area contributed by atoms with Crippen LogP contribution in [0.5, 0.6) is 0 Å². The molecule has 0 spiro atoms. The van der Waals surface area contributed by atoms with E-state index in [1.54, 1.807) is 35.5 Å². The second kappa shape index (κ2) is 12.8. The van der Waals surface area contributed by atoms with Gasteiger partial charge in [0.1, 0.15) is 11.9 Å². The van der Waals surface area contributed by atoms with Crippen LogP contribution in [0.25, 0.3) is 0 Å². The predicted octanol–water partition coefficient (Wildman–Crippen LogP) is 5.55. The van der Waals surface area contributed by atoms with Crippen LogP contribution in [-0.2, 0) is 12.0 Å². The Morgan fingerprint density at radius 2 is 1.70 bits per heavy atom. The first-order valence-corrected chi connectivity index (χ1v) is 12.7.